The average Bonchev–Trinajstić information content (AvgIpc) is 2.40. The molecule has 1 fully saturated rings. The van der Waals surface area contributed by atoms with Crippen molar-refractivity contribution in [3.05, 3.63) is 35.9 Å². The van der Waals surface area contributed by atoms with Gasteiger partial charge in [0, 0.05) is 12.1 Å². The van der Waals surface area contributed by atoms with Crippen molar-refractivity contribution in [3.63, 3.8) is 0 Å². The van der Waals surface area contributed by atoms with Crippen LogP contribution in [0.3, 0.4) is 0 Å². The third-order valence-electron chi connectivity index (χ3n) is 3.72. The third kappa shape index (κ3) is 3.55. The summed E-state index contributed by atoms with van der Waals surface area (Å²) in [6.07, 6.45) is 6.13. The normalized spacial score (nSPS) is 21.1. The van der Waals surface area contributed by atoms with Gasteiger partial charge in [-0.2, -0.15) is 0 Å². The van der Waals surface area contributed by atoms with Gasteiger partial charge in [-0.05, 0) is 25.3 Å². The number of hydrogen-bond acceptors (Lipinski definition) is 2. The molecule has 17 heavy (non-hydrogen) atoms. The van der Waals surface area contributed by atoms with E-state index >= 15 is 0 Å². The van der Waals surface area contributed by atoms with Crippen LogP contribution in [0.15, 0.2) is 30.3 Å². The Morgan fingerprint density at radius 3 is 2.41 bits per heavy atom. The second-order valence-electron chi connectivity index (χ2n) is 5.15. The molecule has 0 aromatic heterocycles. The fraction of sp³-hybridized carbons (Fsp3) is 0.600. The lowest BCUT2D eigenvalue weighted by Crippen LogP contribution is -2.41. The van der Waals surface area contributed by atoms with Crippen LogP contribution >= 0.6 is 0 Å². The Balaban J connectivity index is 1.88. The number of aliphatic hydroxyl groups is 1. The molecule has 1 aliphatic rings. The van der Waals surface area contributed by atoms with Crippen molar-refractivity contribution in [2.45, 2.75) is 57.2 Å². The predicted molar refractivity (Wildman–Crippen MR) is 70.9 cm³/mol. The monoisotopic (exact) mass is 233 g/mol. The number of aliphatic hydroxyl groups excluding tert-OH is 1. The summed E-state index contributed by atoms with van der Waals surface area (Å²) < 4.78 is 0. The summed E-state index contributed by atoms with van der Waals surface area (Å²) in [5.74, 6) is 0. The zero-order valence-corrected chi connectivity index (χ0v) is 10.6. The van der Waals surface area contributed by atoms with Crippen molar-refractivity contribution in [2.24, 2.45) is 0 Å². The molecule has 2 heteroatoms. The molecule has 0 aliphatic heterocycles. The minimum atomic E-state index is -0.405. The van der Waals surface area contributed by atoms with E-state index in [2.05, 4.69) is 12.2 Å². The van der Waals surface area contributed by atoms with Crippen molar-refractivity contribution < 1.29 is 5.11 Å². The fourth-order valence-electron chi connectivity index (χ4n) is 2.67. The summed E-state index contributed by atoms with van der Waals surface area (Å²) in [6.45, 7) is 2.08. The van der Waals surface area contributed by atoms with Crippen molar-refractivity contribution >= 4 is 0 Å². The maximum absolute atomic E-state index is 10.3. The van der Waals surface area contributed by atoms with Crippen LogP contribution in [0.5, 0.6) is 0 Å². The molecule has 1 aromatic rings. The molecule has 0 radical (unpaired) electrons. The van der Waals surface area contributed by atoms with Crippen LogP contribution in [0, 0.1) is 0 Å². The van der Waals surface area contributed by atoms with Crippen molar-refractivity contribution in [3.8, 4) is 0 Å². The lowest BCUT2D eigenvalue weighted by atomic mass is 9.94. The zero-order valence-electron chi connectivity index (χ0n) is 10.6. The van der Waals surface area contributed by atoms with E-state index in [4.69, 9.17) is 0 Å². The summed E-state index contributed by atoms with van der Waals surface area (Å²) in [6, 6.07) is 10.6. The van der Waals surface area contributed by atoms with Crippen LogP contribution < -0.4 is 5.32 Å². The fourth-order valence-corrected chi connectivity index (χ4v) is 2.67. The molecule has 1 aromatic carbocycles. The molecular formula is C15H23NO. The summed E-state index contributed by atoms with van der Waals surface area (Å²) in [4.78, 5) is 0. The first-order valence-electron chi connectivity index (χ1n) is 6.76. The topological polar surface area (TPSA) is 32.3 Å². The largest absolute Gasteiger partial charge is 0.387 e. The Bertz CT molecular complexity index is 319. The molecule has 1 aliphatic carbocycles. The van der Waals surface area contributed by atoms with E-state index in [1.165, 1.54) is 32.1 Å². The van der Waals surface area contributed by atoms with E-state index in [1.807, 2.05) is 30.3 Å². The maximum Gasteiger partial charge on any atom is 0.0940 e. The SMILES string of the molecule is C[C@H](NC1CCCCC1)C(O)c1ccccc1. The first-order chi connectivity index (χ1) is 8.27. The Morgan fingerprint density at radius 2 is 1.76 bits per heavy atom. The van der Waals surface area contributed by atoms with Crippen molar-refractivity contribution in [2.75, 3.05) is 0 Å². The molecule has 94 valence electrons. The second kappa shape index (κ2) is 6.18. The number of benzene rings is 1. The molecule has 0 heterocycles. The van der Waals surface area contributed by atoms with Gasteiger partial charge < -0.3 is 10.4 Å². The highest BCUT2D eigenvalue weighted by atomic mass is 16.3. The average molecular weight is 233 g/mol. The highest BCUT2D eigenvalue weighted by Crippen LogP contribution is 2.21. The van der Waals surface area contributed by atoms with Gasteiger partial charge in [0.2, 0.25) is 0 Å². The molecular weight excluding hydrogens is 210 g/mol. The molecule has 1 unspecified atom stereocenters. The molecule has 0 saturated heterocycles. The van der Waals surface area contributed by atoms with Crippen LogP contribution in [-0.4, -0.2) is 17.2 Å². The number of hydrogen-bond donors (Lipinski definition) is 2. The molecule has 2 atom stereocenters. The van der Waals surface area contributed by atoms with E-state index in [9.17, 15) is 5.11 Å². The molecule has 2 N–H and O–H groups in total. The van der Waals surface area contributed by atoms with Gasteiger partial charge in [-0.25, -0.2) is 0 Å². The standard InChI is InChI=1S/C15H23NO/c1-12(16-14-10-6-3-7-11-14)15(17)13-8-4-2-5-9-13/h2,4-5,8-9,12,14-17H,3,6-7,10-11H2,1H3/t12-,15?/m0/s1. The quantitative estimate of drug-likeness (QED) is 0.838. The molecule has 0 amide bonds. The van der Waals surface area contributed by atoms with Crippen molar-refractivity contribution in [1.29, 1.82) is 0 Å². The summed E-state index contributed by atoms with van der Waals surface area (Å²) >= 11 is 0. The zero-order chi connectivity index (χ0) is 12.1. The van der Waals surface area contributed by atoms with Gasteiger partial charge in [0.25, 0.3) is 0 Å². The van der Waals surface area contributed by atoms with Crippen LogP contribution in [0.2, 0.25) is 0 Å². The van der Waals surface area contributed by atoms with Gasteiger partial charge in [0.15, 0.2) is 0 Å². The van der Waals surface area contributed by atoms with E-state index in [0.717, 1.165) is 5.56 Å². The Labute approximate surface area is 104 Å². The molecule has 2 rings (SSSR count). The van der Waals surface area contributed by atoms with Gasteiger partial charge in [0.05, 0.1) is 6.10 Å². The third-order valence-corrected chi connectivity index (χ3v) is 3.72. The van der Waals surface area contributed by atoms with E-state index in [1.54, 1.807) is 0 Å². The van der Waals surface area contributed by atoms with Gasteiger partial charge in [-0.3, -0.25) is 0 Å². The Morgan fingerprint density at radius 1 is 1.12 bits per heavy atom. The molecule has 0 spiro atoms. The second-order valence-corrected chi connectivity index (χ2v) is 5.15. The van der Waals surface area contributed by atoms with E-state index in [0.29, 0.717) is 6.04 Å². The number of rotatable bonds is 4. The minimum absolute atomic E-state index is 0.125. The Kier molecular flexibility index (Phi) is 4.57. The highest BCUT2D eigenvalue weighted by Gasteiger charge is 2.20. The van der Waals surface area contributed by atoms with Gasteiger partial charge in [-0.15, -0.1) is 0 Å². The van der Waals surface area contributed by atoms with Crippen LogP contribution in [0.25, 0.3) is 0 Å². The van der Waals surface area contributed by atoms with E-state index < -0.39 is 6.10 Å². The number of nitrogens with one attached hydrogen (secondary N) is 1. The highest BCUT2D eigenvalue weighted by molar-refractivity contribution is 5.18. The molecule has 2 nitrogen and oxygen atoms in total. The van der Waals surface area contributed by atoms with Crippen LogP contribution in [0.1, 0.15) is 50.7 Å². The van der Waals surface area contributed by atoms with Crippen LogP contribution in [0.4, 0.5) is 0 Å². The maximum atomic E-state index is 10.3. The minimum Gasteiger partial charge on any atom is -0.387 e. The Hall–Kier alpha value is -0.860. The molecule has 0 bridgehead atoms. The lowest BCUT2D eigenvalue weighted by molar-refractivity contribution is 0.125. The van der Waals surface area contributed by atoms with Gasteiger partial charge >= 0.3 is 0 Å². The first kappa shape index (κ1) is 12.6. The summed E-state index contributed by atoms with van der Waals surface area (Å²) in [5.41, 5.74) is 1.00. The van der Waals surface area contributed by atoms with Crippen LogP contribution in [-0.2, 0) is 0 Å². The van der Waals surface area contributed by atoms with E-state index in [-0.39, 0.29) is 6.04 Å². The lowest BCUT2D eigenvalue weighted by Gasteiger charge is -2.29. The summed E-state index contributed by atoms with van der Waals surface area (Å²) in [5, 5.41) is 13.8. The first-order valence-corrected chi connectivity index (χ1v) is 6.76. The molecule has 1 saturated carbocycles. The van der Waals surface area contributed by atoms with Gasteiger partial charge in [0.1, 0.15) is 0 Å². The van der Waals surface area contributed by atoms with Gasteiger partial charge in [-0.1, -0.05) is 49.6 Å². The van der Waals surface area contributed by atoms with Crippen molar-refractivity contribution in [1.82, 2.24) is 5.32 Å². The smallest absolute Gasteiger partial charge is 0.0940 e. The summed E-state index contributed by atoms with van der Waals surface area (Å²) in [7, 11) is 0. The predicted octanol–water partition coefficient (Wildman–Crippen LogP) is 3.03.